The number of hydrogen-bond acceptors (Lipinski definition) is 5. The topological polar surface area (TPSA) is 92.8 Å². The van der Waals surface area contributed by atoms with E-state index in [-0.39, 0.29) is 28.4 Å². The summed E-state index contributed by atoms with van der Waals surface area (Å²) in [6.07, 6.45) is 3.70. The Kier molecular flexibility index (Phi) is 6.24. The first-order valence-corrected chi connectivity index (χ1v) is 12.4. The Labute approximate surface area is 188 Å². The van der Waals surface area contributed by atoms with E-state index in [4.69, 9.17) is 4.74 Å². The normalized spacial score (nSPS) is 19.4. The number of benzene rings is 2. The van der Waals surface area contributed by atoms with Gasteiger partial charge in [-0.15, -0.1) is 0 Å². The van der Waals surface area contributed by atoms with Crippen LogP contribution in [0.5, 0.6) is 0 Å². The van der Waals surface area contributed by atoms with Crippen LogP contribution in [0.15, 0.2) is 53.4 Å². The maximum absolute atomic E-state index is 13.4. The fourth-order valence-electron chi connectivity index (χ4n) is 4.47. The number of anilines is 1. The minimum absolute atomic E-state index is 0.0126. The highest BCUT2D eigenvalue weighted by atomic mass is 32.2. The fourth-order valence-corrected chi connectivity index (χ4v) is 6.21. The van der Waals surface area contributed by atoms with Crippen LogP contribution in [0.4, 0.5) is 5.69 Å². The summed E-state index contributed by atoms with van der Waals surface area (Å²) >= 11 is 0. The molecule has 0 saturated heterocycles. The summed E-state index contributed by atoms with van der Waals surface area (Å²) in [6, 6.07) is 13.1. The lowest BCUT2D eigenvalue weighted by Gasteiger charge is -2.24. The first-order chi connectivity index (χ1) is 15.3. The van der Waals surface area contributed by atoms with E-state index >= 15 is 0 Å². The van der Waals surface area contributed by atoms with E-state index in [0.717, 1.165) is 31.2 Å². The average molecular weight is 457 g/mol. The van der Waals surface area contributed by atoms with Gasteiger partial charge < -0.3 is 10.1 Å². The molecule has 32 heavy (non-hydrogen) atoms. The lowest BCUT2D eigenvalue weighted by molar-refractivity contribution is -0.129. The highest BCUT2D eigenvalue weighted by molar-refractivity contribution is 7.92. The summed E-state index contributed by atoms with van der Waals surface area (Å²) in [4.78, 5) is 25.0. The van der Waals surface area contributed by atoms with Gasteiger partial charge in [0.05, 0.1) is 16.1 Å². The Morgan fingerprint density at radius 2 is 1.81 bits per heavy atom. The van der Waals surface area contributed by atoms with Crippen LogP contribution in [0, 0.1) is 0 Å². The molecule has 0 aromatic heterocycles. The van der Waals surface area contributed by atoms with E-state index in [1.54, 1.807) is 6.07 Å². The van der Waals surface area contributed by atoms with E-state index < -0.39 is 22.1 Å². The van der Waals surface area contributed by atoms with Crippen LogP contribution in [0.1, 0.15) is 55.5 Å². The van der Waals surface area contributed by atoms with Crippen LogP contribution in [-0.4, -0.2) is 38.5 Å². The van der Waals surface area contributed by atoms with Crippen molar-refractivity contribution in [3.63, 3.8) is 0 Å². The molecule has 8 heteroatoms. The average Bonchev–Trinajstić information content (AvgIpc) is 3.40. The summed E-state index contributed by atoms with van der Waals surface area (Å²) in [7, 11) is -3.87. The summed E-state index contributed by atoms with van der Waals surface area (Å²) in [5, 5.41) is 2.90. The predicted molar refractivity (Wildman–Crippen MR) is 121 cm³/mol. The number of fused-ring (bicyclic) bond motifs is 1. The fraction of sp³-hybridized carbons (Fsp3) is 0.417. The van der Waals surface area contributed by atoms with Crippen molar-refractivity contribution in [3.8, 4) is 0 Å². The lowest BCUT2D eigenvalue weighted by atomic mass is 10.1. The van der Waals surface area contributed by atoms with Crippen LogP contribution < -0.4 is 9.62 Å². The molecule has 1 heterocycles. The van der Waals surface area contributed by atoms with Crippen molar-refractivity contribution < 1.29 is 22.7 Å². The Morgan fingerprint density at radius 3 is 2.56 bits per heavy atom. The molecule has 1 aliphatic carbocycles. The smallest absolute Gasteiger partial charge is 0.338 e. The summed E-state index contributed by atoms with van der Waals surface area (Å²) < 4.78 is 33.6. The first-order valence-electron chi connectivity index (χ1n) is 11.0. The Hall–Kier alpha value is -2.87. The predicted octanol–water partition coefficient (Wildman–Crippen LogP) is 3.43. The second-order valence-corrected chi connectivity index (χ2v) is 10.4. The van der Waals surface area contributed by atoms with Gasteiger partial charge in [0.2, 0.25) is 0 Å². The van der Waals surface area contributed by atoms with E-state index in [0.29, 0.717) is 12.1 Å². The van der Waals surface area contributed by atoms with Crippen LogP contribution in [-0.2, 0) is 26.0 Å². The first kappa shape index (κ1) is 22.3. The molecule has 2 aromatic rings. The van der Waals surface area contributed by atoms with Gasteiger partial charge in [-0.3, -0.25) is 9.10 Å². The quantitative estimate of drug-likeness (QED) is 0.673. The van der Waals surface area contributed by atoms with Gasteiger partial charge in [-0.1, -0.05) is 37.1 Å². The van der Waals surface area contributed by atoms with Gasteiger partial charge in [-0.2, -0.15) is 0 Å². The Bertz CT molecular complexity index is 1120. The second-order valence-electron chi connectivity index (χ2n) is 8.55. The number of para-hydroxylation sites is 1. The minimum Gasteiger partial charge on any atom is -0.449 e. The third-order valence-corrected chi connectivity index (χ3v) is 8.05. The number of nitrogens with zero attached hydrogens (tertiary/aromatic N) is 1. The molecule has 0 spiro atoms. The molecule has 1 N–H and O–H groups in total. The molecule has 2 atom stereocenters. The zero-order chi connectivity index (χ0) is 22.9. The van der Waals surface area contributed by atoms with Crippen molar-refractivity contribution in [2.75, 3.05) is 4.31 Å². The molecule has 0 radical (unpaired) electrons. The number of carbonyl (C=O) groups excluding carboxylic acids is 2. The molecule has 170 valence electrons. The number of nitrogens with one attached hydrogen (secondary N) is 1. The van der Waals surface area contributed by atoms with Gasteiger partial charge in [0.25, 0.3) is 15.9 Å². The van der Waals surface area contributed by atoms with Crippen LogP contribution in [0.3, 0.4) is 0 Å². The van der Waals surface area contributed by atoms with E-state index in [9.17, 15) is 18.0 Å². The molecule has 2 unspecified atom stereocenters. The van der Waals surface area contributed by atoms with Gasteiger partial charge in [0.1, 0.15) is 0 Å². The van der Waals surface area contributed by atoms with Crippen LogP contribution in [0.2, 0.25) is 0 Å². The second kappa shape index (κ2) is 8.94. The molecule has 7 nitrogen and oxygen atoms in total. The number of rotatable bonds is 6. The number of amides is 1. The number of hydrogen-bond donors (Lipinski definition) is 1. The van der Waals surface area contributed by atoms with Crippen molar-refractivity contribution in [3.05, 3.63) is 59.7 Å². The monoisotopic (exact) mass is 456 g/mol. The Morgan fingerprint density at radius 1 is 1.09 bits per heavy atom. The van der Waals surface area contributed by atoms with Crippen LogP contribution in [0.25, 0.3) is 0 Å². The summed E-state index contributed by atoms with van der Waals surface area (Å²) in [5.74, 6) is -1.07. The van der Waals surface area contributed by atoms with E-state index in [1.165, 1.54) is 35.5 Å². The van der Waals surface area contributed by atoms with Gasteiger partial charge >= 0.3 is 5.97 Å². The number of carbonyl (C=O) groups is 2. The van der Waals surface area contributed by atoms with Crippen molar-refractivity contribution in [1.82, 2.24) is 5.32 Å². The summed E-state index contributed by atoms with van der Waals surface area (Å²) in [6.45, 7) is 3.38. The standard InChI is InChI=1S/C24H28N2O5S/c1-16-14-18-8-3-6-13-22(18)26(16)32(29,30)21-12-7-9-19(15-21)24(28)31-17(2)23(27)25-20-10-4-5-11-20/h3,6-9,12-13,15-17,20H,4-5,10-11,14H2,1-2H3,(H,25,27). The number of sulfonamides is 1. The highest BCUT2D eigenvalue weighted by Crippen LogP contribution is 2.36. The highest BCUT2D eigenvalue weighted by Gasteiger charge is 2.36. The van der Waals surface area contributed by atoms with Crippen molar-refractivity contribution in [2.45, 2.75) is 69.0 Å². The largest absolute Gasteiger partial charge is 0.449 e. The van der Waals surface area contributed by atoms with Crippen LogP contribution >= 0.6 is 0 Å². The van der Waals surface area contributed by atoms with Crippen molar-refractivity contribution >= 4 is 27.6 Å². The SMILES string of the molecule is CC(OC(=O)c1cccc(S(=O)(=O)N2c3ccccc3CC2C)c1)C(=O)NC1CCCC1. The maximum atomic E-state index is 13.4. The molecule has 1 fully saturated rings. The molecular formula is C24H28N2O5S. The molecule has 0 bridgehead atoms. The molecule has 1 amide bonds. The lowest BCUT2D eigenvalue weighted by Crippen LogP contribution is -2.40. The molecule has 1 aliphatic heterocycles. The van der Waals surface area contributed by atoms with Crippen molar-refractivity contribution in [1.29, 1.82) is 0 Å². The third-order valence-electron chi connectivity index (χ3n) is 6.13. The molecular weight excluding hydrogens is 428 g/mol. The molecule has 1 saturated carbocycles. The Balaban J connectivity index is 1.50. The number of esters is 1. The molecule has 2 aromatic carbocycles. The van der Waals surface area contributed by atoms with Crippen molar-refractivity contribution in [2.24, 2.45) is 0 Å². The summed E-state index contributed by atoms with van der Waals surface area (Å²) in [5.41, 5.74) is 1.72. The number of ether oxygens (including phenoxy) is 1. The maximum Gasteiger partial charge on any atom is 0.338 e. The zero-order valence-electron chi connectivity index (χ0n) is 18.3. The third kappa shape index (κ3) is 4.37. The van der Waals surface area contributed by atoms with E-state index in [2.05, 4.69) is 5.32 Å². The molecule has 2 aliphatic rings. The van der Waals surface area contributed by atoms with Gasteiger partial charge in [0, 0.05) is 12.1 Å². The van der Waals surface area contributed by atoms with Gasteiger partial charge in [0.15, 0.2) is 6.10 Å². The van der Waals surface area contributed by atoms with Gasteiger partial charge in [-0.05, 0) is 62.9 Å². The van der Waals surface area contributed by atoms with Gasteiger partial charge in [-0.25, -0.2) is 13.2 Å². The zero-order valence-corrected chi connectivity index (χ0v) is 19.1. The minimum atomic E-state index is -3.87. The van der Waals surface area contributed by atoms with E-state index in [1.807, 2.05) is 25.1 Å². The molecule has 4 rings (SSSR count).